The summed E-state index contributed by atoms with van der Waals surface area (Å²) in [4.78, 5) is 19.0. The monoisotopic (exact) mass is 291 g/mol. The molecule has 0 amide bonds. The summed E-state index contributed by atoms with van der Waals surface area (Å²) in [6.07, 6.45) is 3.40. The molecule has 2 aromatic heterocycles. The average molecular weight is 291 g/mol. The minimum absolute atomic E-state index is 0.0787. The molecule has 0 aliphatic heterocycles. The van der Waals surface area contributed by atoms with Crippen LogP contribution in [0, 0.1) is 13.8 Å². The minimum Gasteiger partial charge on any atom is -0.361 e. The molecule has 2 rings (SSSR count). The fourth-order valence-electron chi connectivity index (χ4n) is 1.97. The molecule has 0 unspecified atom stereocenters. The Kier molecular flexibility index (Phi) is 3.99. The third-order valence-electron chi connectivity index (χ3n) is 3.21. The maximum atomic E-state index is 12.4. The van der Waals surface area contributed by atoms with Crippen molar-refractivity contribution in [1.82, 2.24) is 9.55 Å². The Labute approximate surface area is 123 Å². The Hall–Kier alpha value is -1.62. The highest BCUT2D eigenvalue weighted by molar-refractivity contribution is 7.12. The lowest BCUT2D eigenvalue weighted by Gasteiger charge is -2.22. The number of nitrogens with one attached hydrogen (secondary N) is 1. The van der Waals surface area contributed by atoms with Crippen LogP contribution in [0.3, 0.4) is 0 Å². The van der Waals surface area contributed by atoms with Gasteiger partial charge in [-0.05, 0) is 46.2 Å². The number of rotatable bonds is 3. The quantitative estimate of drug-likeness (QED) is 0.944. The topological polar surface area (TPSA) is 46.9 Å². The molecule has 4 nitrogen and oxygen atoms in total. The maximum absolute atomic E-state index is 12.4. The first-order valence-electron chi connectivity index (χ1n) is 6.67. The van der Waals surface area contributed by atoms with Gasteiger partial charge in [-0.2, -0.15) is 0 Å². The van der Waals surface area contributed by atoms with Crippen molar-refractivity contribution in [3.63, 3.8) is 0 Å². The standard InChI is InChI=1S/C15H21N3OS/c1-10-8-12(20-11(10)2)9-17-13-14(19)18(7-6-16-13)15(3,4)5/h6-8H,9H2,1-5H3,(H,16,17). The van der Waals surface area contributed by atoms with E-state index in [1.54, 1.807) is 28.3 Å². The van der Waals surface area contributed by atoms with Crippen molar-refractivity contribution in [3.05, 3.63) is 44.1 Å². The molecule has 5 heteroatoms. The molecular formula is C15H21N3OS. The molecule has 0 saturated carbocycles. The van der Waals surface area contributed by atoms with Crippen molar-refractivity contribution in [2.45, 2.75) is 46.7 Å². The number of hydrogen-bond donors (Lipinski definition) is 1. The van der Waals surface area contributed by atoms with E-state index >= 15 is 0 Å². The third-order valence-corrected chi connectivity index (χ3v) is 4.36. The van der Waals surface area contributed by atoms with Crippen LogP contribution in [0.5, 0.6) is 0 Å². The highest BCUT2D eigenvalue weighted by Gasteiger charge is 2.16. The van der Waals surface area contributed by atoms with E-state index in [0.717, 1.165) is 0 Å². The Morgan fingerprint density at radius 2 is 2.05 bits per heavy atom. The minimum atomic E-state index is -0.243. The van der Waals surface area contributed by atoms with Crippen molar-refractivity contribution in [1.29, 1.82) is 0 Å². The van der Waals surface area contributed by atoms with Gasteiger partial charge in [-0.3, -0.25) is 4.79 Å². The van der Waals surface area contributed by atoms with Crippen LogP contribution in [-0.2, 0) is 12.1 Å². The SMILES string of the molecule is Cc1cc(CNc2nccn(C(C)(C)C)c2=O)sc1C. The second-order valence-electron chi connectivity index (χ2n) is 5.93. The van der Waals surface area contributed by atoms with Crippen molar-refractivity contribution in [2.24, 2.45) is 0 Å². The molecule has 2 heterocycles. The number of thiophene rings is 1. The number of anilines is 1. The van der Waals surface area contributed by atoms with E-state index in [0.29, 0.717) is 12.4 Å². The molecule has 0 atom stereocenters. The molecule has 1 N–H and O–H groups in total. The first-order valence-corrected chi connectivity index (χ1v) is 7.48. The molecule has 0 spiro atoms. The van der Waals surface area contributed by atoms with Crippen LogP contribution in [0.15, 0.2) is 23.3 Å². The fraction of sp³-hybridized carbons (Fsp3) is 0.467. The zero-order valence-electron chi connectivity index (χ0n) is 12.7. The van der Waals surface area contributed by atoms with E-state index < -0.39 is 0 Å². The third kappa shape index (κ3) is 3.10. The van der Waals surface area contributed by atoms with E-state index in [-0.39, 0.29) is 11.1 Å². The predicted octanol–water partition coefficient (Wildman–Crippen LogP) is 3.29. The van der Waals surface area contributed by atoms with E-state index in [1.807, 2.05) is 20.8 Å². The summed E-state index contributed by atoms with van der Waals surface area (Å²) < 4.78 is 1.70. The summed E-state index contributed by atoms with van der Waals surface area (Å²) >= 11 is 1.75. The van der Waals surface area contributed by atoms with Gasteiger partial charge in [0.2, 0.25) is 0 Å². The molecule has 0 saturated heterocycles. The van der Waals surface area contributed by atoms with E-state index in [9.17, 15) is 4.79 Å². The summed E-state index contributed by atoms with van der Waals surface area (Å²) in [6, 6.07) is 2.15. The highest BCUT2D eigenvalue weighted by atomic mass is 32.1. The van der Waals surface area contributed by atoms with Crippen LogP contribution in [0.1, 0.15) is 36.1 Å². The molecule has 0 radical (unpaired) electrons. The molecule has 20 heavy (non-hydrogen) atoms. The van der Waals surface area contributed by atoms with Gasteiger partial charge < -0.3 is 9.88 Å². The summed E-state index contributed by atoms with van der Waals surface area (Å²) in [7, 11) is 0. The van der Waals surface area contributed by atoms with Gasteiger partial charge in [0, 0.05) is 27.7 Å². The Morgan fingerprint density at radius 1 is 1.35 bits per heavy atom. The normalized spacial score (nSPS) is 11.7. The van der Waals surface area contributed by atoms with Crippen molar-refractivity contribution in [3.8, 4) is 0 Å². The van der Waals surface area contributed by atoms with Gasteiger partial charge in [-0.1, -0.05) is 0 Å². The number of nitrogens with zero attached hydrogens (tertiary/aromatic N) is 2. The predicted molar refractivity (Wildman–Crippen MR) is 84.6 cm³/mol. The zero-order valence-corrected chi connectivity index (χ0v) is 13.5. The summed E-state index contributed by atoms with van der Waals surface area (Å²) in [5, 5.41) is 3.15. The Morgan fingerprint density at radius 3 is 2.60 bits per heavy atom. The van der Waals surface area contributed by atoms with Gasteiger partial charge in [-0.25, -0.2) is 4.98 Å². The average Bonchev–Trinajstić information content (AvgIpc) is 2.66. The van der Waals surface area contributed by atoms with Crippen LogP contribution in [0.2, 0.25) is 0 Å². The molecule has 0 aliphatic rings. The van der Waals surface area contributed by atoms with Crippen molar-refractivity contribution >= 4 is 17.2 Å². The summed E-state index contributed by atoms with van der Waals surface area (Å²) in [6.45, 7) is 10.9. The Bertz CT molecular complexity index is 645. The van der Waals surface area contributed by atoms with Gasteiger partial charge in [0.25, 0.3) is 5.56 Å². The van der Waals surface area contributed by atoms with Gasteiger partial charge in [0.1, 0.15) is 0 Å². The van der Waals surface area contributed by atoms with E-state index in [4.69, 9.17) is 0 Å². The smallest absolute Gasteiger partial charge is 0.293 e. The molecule has 0 aromatic carbocycles. The van der Waals surface area contributed by atoms with Crippen LogP contribution < -0.4 is 10.9 Å². The van der Waals surface area contributed by atoms with Crippen LogP contribution in [0.4, 0.5) is 5.82 Å². The molecule has 0 fully saturated rings. The van der Waals surface area contributed by atoms with Crippen LogP contribution in [0.25, 0.3) is 0 Å². The molecule has 0 bridgehead atoms. The lowest BCUT2D eigenvalue weighted by atomic mass is 10.1. The van der Waals surface area contributed by atoms with Gasteiger partial charge in [-0.15, -0.1) is 11.3 Å². The van der Waals surface area contributed by atoms with E-state index in [2.05, 4.69) is 30.2 Å². The second-order valence-corrected chi connectivity index (χ2v) is 7.27. The van der Waals surface area contributed by atoms with Gasteiger partial charge in [0.05, 0.1) is 6.54 Å². The molecule has 0 aliphatic carbocycles. The van der Waals surface area contributed by atoms with Gasteiger partial charge >= 0.3 is 0 Å². The fourth-order valence-corrected chi connectivity index (χ4v) is 2.96. The number of aromatic nitrogens is 2. The largest absolute Gasteiger partial charge is 0.361 e. The molecule has 2 aromatic rings. The highest BCUT2D eigenvalue weighted by Crippen LogP contribution is 2.21. The lowest BCUT2D eigenvalue weighted by Crippen LogP contribution is -2.35. The van der Waals surface area contributed by atoms with E-state index in [1.165, 1.54) is 15.3 Å². The summed E-state index contributed by atoms with van der Waals surface area (Å²) in [5.41, 5.74) is 0.969. The molecule has 108 valence electrons. The summed E-state index contributed by atoms with van der Waals surface area (Å²) in [5.74, 6) is 0.408. The second kappa shape index (κ2) is 5.40. The van der Waals surface area contributed by atoms with Crippen LogP contribution in [-0.4, -0.2) is 9.55 Å². The number of hydrogen-bond acceptors (Lipinski definition) is 4. The van der Waals surface area contributed by atoms with Gasteiger partial charge in [0.15, 0.2) is 5.82 Å². The Balaban J connectivity index is 2.20. The molecular weight excluding hydrogens is 270 g/mol. The first kappa shape index (κ1) is 14.8. The maximum Gasteiger partial charge on any atom is 0.293 e. The lowest BCUT2D eigenvalue weighted by molar-refractivity contribution is 0.383. The van der Waals surface area contributed by atoms with Crippen molar-refractivity contribution < 1.29 is 0 Å². The number of aryl methyl sites for hydroxylation is 2. The van der Waals surface area contributed by atoms with Crippen molar-refractivity contribution in [2.75, 3.05) is 5.32 Å². The van der Waals surface area contributed by atoms with Crippen LogP contribution >= 0.6 is 11.3 Å². The zero-order chi connectivity index (χ0) is 14.9. The first-order chi connectivity index (χ1) is 9.29.